The van der Waals surface area contributed by atoms with Crippen LogP contribution in [0.25, 0.3) is 22.3 Å². The Kier molecular flexibility index (Phi) is 7.64. The van der Waals surface area contributed by atoms with Gasteiger partial charge in [0.05, 0.1) is 24.2 Å². The Morgan fingerprint density at radius 2 is 1.74 bits per heavy atom. The molecule has 0 atom stereocenters. The number of nitrogens with zero attached hydrogens (tertiary/aromatic N) is 6. The lowest BCUT2D eigenvalue weighted by atomic mass is 9.90. The number of hydrogen-bond donors (Lipinski definition) is 2. The third kappa shape index (κ3) is 5.94. The number of carbonyl (C=O) groups excluding carboxylic acids is 1. The number of ether oxygens (including phenoxy) is 2. The third-order valence-electron chi connectivity index (χ3n) is 7.70. The van der Waals surface area contributed by atoms with E-state index in [-0.39, 0.29) is 6.04 Å². The van der Waals surface area contributed by atoms with Crippen molar-refractivity contribution in [3.8, 4) is 17.0 Å². The van der Waals surface area contributed by atoms with E-state index in [9.17, 15) is 4.79 Å². The van der Waals surface area contributed by atoms with Crippen LogP contribution in [0.3, 0.4) is 0 Å². The number of piperazine rings is 1. The molecular weight excluding hydrogens is 496 g/mol. The van der Waals surface area contributed by atoms with Gasteiger partial charge in [0.1, 0.15) is 29.2 Å². The molecule has 3 heterocycles. The number of nitrogen functional groups attached to an aromatic ring is 1. The number of anilines is 2. The molecule has 1 aliphatic heterocycles. The minimum Gasteiger partial charge on any atom is -0.495 e. The Bertz CT molecular complexity index is 1320. The minimum atomic E-state index is -0.607. The SMILES string of the molecule is COc1cc(-c2nn([C@H]3CC[C@@H](N4CCN(C)CC4)CC3)c3ncnc(N)c23)ccc1NC(=O)OC(C)(C)C. The Morgan fingerprint density at radius 3 is 2.41 bits per heavy atom. The number of nitrogens with two attached hydrogens (primary N) is 1. The van der Waals surface area contributed by atoms with E-state index in [1.54, 1.807) is 13.2 Å². The maximum atomic E-state index is 12.3. The molecule has 1 amide bonds. The van der Waals surface area contributed by atoms with Crippen LogP contribution in [0.15, 0.2) is 24.5 Å². The molecule has 2 fully saturated rings. The number of methoxy groups -OCH3 is 1. The van der Waals surface area contributed by atoms with Crippen LogP contribution in [-0.4, -0.2) is 87.6 Å². The van der Waals surface area contributed by atoms with Crippen LogP contribution in [0.4, 0.5) is 16.3 Å². The molecule has 0 spiro atoms. The lowest BCUT2D eigenvalue weighted by molar-refractivity contribution is 0.0635. The third-order valence-corrected chi connectivity index (χ3v) is 7.70. The van der Waals surface area contributed by atoms with Gasteiger partial charge in [-0.15, -0.1) is 0 Å². The van der Waals surface area contributed by atoms with Crippen molar-refractivity contribution >= 4 is 28.6 Å². The Balaban J connectivity index is 1.40. The van der Waals surface area contributed by atoms with E-state index < -0.39 is 11.7 Å². The van der Waals surface area contributed by atoms with E-state index >= 15 is 0 Å². The van der Waals surface area contributed by atoms with E-state index in [4.69, 9.17) is 20.3 Å². The summed E-state index contributed by atoms with van der Waals surface area (Å²) in [6.45, 7) is 10.0. The van der Waals surface area contributed by atoms with Crippen LogP contribution < -0.4 is 15.8 Å². The molecule has 1 saturated carbocycles. The zero-order valence-electron chi connectivity index (χ0n) is 23.6. The van der Waals surface area contributed by atoms with Crippen molar-refractivity contribution in [2.45, 2.75) is 64.1 Å². The summed E-state index contributed by atoms with van der Waals surface area (Å²) < 4.78 is 13.0. The van der Waals surface area contributed by atoms with Gasteiger partial charge in [0.2, 0.25) is 0 Å². The van der Waals surface area contributed by atoms with Crippen molar-refractivity contribution in [1.82, 2.24) is 29.5 Å². The normalized spacial score (nSPS) is 21.2. The first-order valence-corrected chi connectivity index (χ1v) is 13.7. The number of aromatic nitrogens is 4. The standard InChI is InChI=1S/C28H40N8O3/c1-28(2,3)39-27(37)32-21-11-6-18(16-22(21)38-5)24-23-25(29)30-17-31-26(23)36(33-24)20-9-7-19(8-10-20)35-14-12-34(4)13-15-35/h6,11,16-17,19-20H,7-10,12-15H2,1-5H3,(H,32,37)(H2,29,30,31)/t19-,20+. The number of carbonyl (C=O) groups is 1. The van der Waals surface area contributed by atoms with E-state index in [1.807, 2.05) is 37.6 Å². The van der Waals surface area contributed by atoms with Crippen LogP contribution in [0.2, 0.25) is 0 Å². The van der Waals surface area contributed by atoms with Gasteiger partial charge in [-0.25, -0.2) is 19.4 Å². The van der Waals surface area contributed by atoms with Crippen LogP contribution >= 0.6 is 0 Å². The molecule has 2 aliphatic rings. The smallest absolute Gasteiger partial charge is 0.412 e. The molecule has 0 bridgehead atoms. The highest BCUT2D eigenvalue weighted by atomic mass is 16.6. The van der Waals surface area contributed by atoms with Gasteiger partial charge in [-0.1, -0.05) is 6.07 Å². The number of fused-ring (bicyclic) bond motifs is 1. The van der Waals surface area contributed by atoms with Gasteiger partial charge < -0.3 is 20.1 Å². The predicted molar refractivity (Wildman–Crippen MR) is 152 cm³/mol. The van der Waals surface area contributed by atoms with Crippen LogP contribution in [0, 0.1) is 0 Å². The first-order valence-electron chi connectivity index (χ1n) is 13.7. The minimum absolute atomic E-state index is 0.245. The fraction of sp³-hybridized carbons (Fsp3) is 0.571. The molecule has 11 heteroatoms. The summed E-state index contributed by atoms with van der Waals surface area (Å²) in [4.78, 5) is 26.3. The molecule has 0 unspecified atom stereocenters. The quantitative estimate of drug-likeness (QED) is 0.495. The van der Waals surface area contributed by atoms with E-state index in [0.717, 1.165) is 68.5 Å². The fourth-order valence-corrected chi connectivity index (χ4v) is 5.66. The van der Waals surface area contributed by atoms with E-state index in [2.05, 4.69) is 32.1 Å². The van der Waals surface area contributed by atoms with Crippen molar-refractivity contribution in [2.75, 3.05) is 51.4 Å². The van der Waals surface area contributed by atoms with Gasteiger partial charge in [-0.3, -0.25) is 10.2 Å². The van der Waals surface area contributed by atoms with Gasteiger partial charge in [-0.05, 0) is 65.6 Å². The van der Waals surface area contributed by atoms with Crippen LogP contribution in [0.5, 0.6) is 5.75 Å². The van der Waals surface area contributed by atoms with Gasteiger partial charge in [0.25, 0.3) is 0 Å². The Hall–Kier alpha value is -3.44. The maximum absolute atomic E-state index is 12.3. The van der Waals surface area contributed by atoms with Crippen molar-refractivity contribution < 1.29 is 14.3 Å². The molecule has 11 nitrogen and oxygen atoms in total. The molecule has 1 saturated heterocycles. The molecule has 1 aliphatic carbocycles. The highest BCUT2D eigenvalue weighted by Crippen LogP contribution is 2.39. The predicted octanol–water partition coefficient (Wildman–Crippen LogP) is 4.16. The first-order chi connectivity index (χ1) is 18.6. The molecule has 3 aromatic rings. The molecule has 39 heavy (non-hydrogen) atoms. The topological polar surface area (TPSA) is 124 Å². The number of rotatable bonds is 5. The lowest BCUT2D eigenvalue weighted by Gasteiger charge is -2.41. The fourth-order valence-electron chi connectivity index (χ4n) is 5.66. The maximum Gasteiger partial charge on any atom is 0.412 e. The summed E-state index contributed by atoms with van der Waals surface area (Å²) in [5, 5.41) is 8.55. The van der Waals surface area contributed by atoms with Crippen molar-refractivity contribution in [2.24, 2.45) is 0 Å². The molecule has 3 N–H and O–H groups in total. The lowest BCUT2D eigenvalue weighted by Crippen LogP contribution is -2.49. The zero-order valence-corrected chi connectivity index (χ0v) is 23.6. The van der Waals surface area contributed by atoms with Gasteiger partial charge in [-0.2, -0.15) is 5.10 Å². The van der Waals surface area contributed by atoms with Gasteiger partial charge in [0.15, 0.2) is 5.65 Å². The summed E-state index contributed by atoms with van der Waals surface area (Å²) in [5.41, 5.74) is 8.52. The van der Waals surface area contributed by atoms with E-state index in [0.29, 0.717) is 29.0 Å². The molecular formula is C28H40N8O3. The van der Waals surface area contributed by atoms with Crippen molar-refractivity contribution in [3.63, 3.8) is 0 Å². The second-order valence-electron chi connectivity index (χ2n) is 11.6. The van der Waals surface area contributed by atoms with Gasteiger partial charge >= 0.3 is 6.09 Å². The summed E-state index contributed by atoms with van der Waals surface area (Å²) in [7, 11) is 3.76. The monoisotopic (exact) mass is 536 g/mol. The molecule has 2 aromatic heterocycles. The molecule has 0 radical (unpaired) electrons. The molecule has 5 rings (SSSR count). The average molecular weight is 537 g/mol. The summed E-state index contributed by atoms with van der Waals surface area (Å²) in [6, 6.07) is 6.39. The van der Waals surface area contributed by atoms with E-state index in [1.165, 1.54) is 6.33 Å². The Labute approximate surface area is 229 Å². The van der Waals surface area contributed by atoms with Gasteiger partial charge in [0, 0.05) is 37.8 Å². The summed E-state index contributed by atoms with van der Waals surface area (Å²) >= 11 is 0. The summed E-state index contributed by atoms with van der Waals surface area (Å²) in [5.74, 6) is 0.881. The largest absolute Gasteiger partial charge is 0.495 e. The number of benzene rings is 1. The van der Waals surface area contributed by atoms with Crippen LogP contribution in [0.1, 0.15) is 52.5 Å². The Morgan fingerprint density at radius 1 is 1.05 bits per heavy atom. The molecule has 1 aromatic carbocycles. The first kappa shape index (κ1) is 27.1. The van der Waals surface area contributed by atoms with Crippen LogP contribution in [-0.2, 0) is 4.74 Å². The number of hydrogen-bond acceptors (Lipinski definition) is 9. The second kappa shape index (κ2) is 11.0. The zero-order chi connectivity index (χ0) is 27.7. The second-order valence-corrected chi connectivity index (χ2v) is 11.6. The summed E-state index contributed by atoms with van der Waals surface area (Å²) in [6.07, 6.45) is 5.32. The number of amides is 1. The van der Waals surface area contributed by atoms with Crippen molar-refractivity contribution in [1.29, 1.82) is 0 Å². The average Bonchev–Trinajstić information content (AvgIpc) is 3.29. The molecule has 210 valence electrons. The highest BCUT2D eigenvalue weighted by molar-refractivity contribution is 5.99. The highest BCUT2D eigenvalue weighted by Gasteiger charge is 2.31. The number of nitrogens with one attached hydrogen (secondary N) is 1. The number of likely N-dealkylation sites (N-methyl/N-ethyl adjacent to an activating group) is 1. The van der Waals surface area contributed by atoms with Crippen molar-refractivity contribution in [3.05, 3.63) is 24.5 Å².